The lowest BCUT2D eigenvalue weighted by molar-refractivity contribution is 0.0770. The van der Waals surface area contributed by atoms with Crippen LogP contribution in [0.2, 0.25) is 0 Å². The maximum atomic E-state index is 5.38. The van der Waals surface area contributed by atoms with Crippen molar-refractivity contribution < 1.29 is 4.74 Å². The van der Waals surface area contributed by atoms with E-state index < -0.39 is 0 Å². The van der Waals surface area contributed by atoms with Crippen molar-refractivity contribution in [2.24, 2.45) is 0 Å². The summed E-state index contributed by atoms with van der Waals surface area (Å²) in [6, 6.07) is 0.458. The maximum absolute atomic E-state index is 5.38. The second-order valence-electron chi connectivity index (χ2n) is 3.31. The number of aryl methyl sites for hydroxylation is 1. The minimum atomic E-state index is 0.458. The summed E-state index contributed by atoms with van der Waals surface area (Å²) in [6.45, 7) is 4.66. The molecule has 1 saturated heterocycles. The van der Waals surface area contributed by atoms with Gasteiger partial charge in [0.2, 0.25) is 0 Å². The van der Waals surface area contributed by atoms with Crippen LogP contribution in [0, 0.1) is 6.92 Å². The van der Waals surface area contributed by atoms with E-state index in [1.807, 2.05) is 6.92 Å². The number of aromatic nitrogens is 1. The zero-order valence-electron chi connectivity index (χ0n) is 7.75. The molecule has 4 heteroatoms. The van der Waals surface area contributed by atoms with Crippen molar-refractivity contribution >= 4 is 11.3 Å². The molecule has 2 rings (SSSR count). The van der Waals surface area contributed by atoms with Crippen LogP contribution in [-0.2, 0) is 11.2 Å². The van der Waals surface area contributed by atoms with Crippen LogP contribution in [-0.4, -0.2) is 30.8 Å². The fourth-order valence-electron chi connectivity index (χ4n) is 1.46. The Bertz CT molecular complexity index is 268. The highest BCUT2D eigenvalue weighted by molar-refractivity contribution is 7.09. The second kappa shape index (κ2) is 4.17. The quantitative estimate of drug-likeness (QED) is 0.769. The van der Waals surface area contributed by atoms with E-state index in [1.165, 1.54) is 5.01 Å². The lowest BCUT2D eigenvalue weighted by atomic mass is 10.2. The molecule has 0 amide bonds. The summed E-state index contributed by atoms with van der Waals surface area (Å²) in [5.74, 6) is 0. The molecular weight excluding hydrogens is 184 g/mol. The van der Waals surface area contributed by atoms with Crippen LogP contribution in [0.1, 0.15) is 10.7 Å². The van der Waals surface area contributed by atoms with Gasteiger partial charge in [0.1, 0.15) is 0 Å². The minimum Gasteiger partial charge on any atom is -0.379 e. The molecule has 3 nitrogen and oxygen atoms in total. The molecule has 1 N–H and O–H groups in total. The van der Waals surface area contributed by atoms with Crippen molar-refractivity contribution in [1.29, 1.82) is 0 Å². The third-order valence-electron chi connectivity index (χ3n) is 2.09. The van der Waals surface area contributed by atoms with E-state index in [0.717, 1.165) is 31.9 Å². The number of ether oxygens (including phenoxy) is 1. The van der Waals surface area contributed by atoms with Crippen LogP contribution >= 0.6 is 11.3 Å². The molecule has 1 fully saturated rings. The van der Waals surface area contributed by atoms with Crippen molar-refractivity contribution in [2.45, 2.75) is 19.4 Å². The van der Waals surface area contributed by atoms with Crippen LogP contribution in [0.5, 0.6) is 0 Å². The van der Waals surface area contributed by atoms with Gasteiger partial charge in [-0.25, -0.2) is 4.98 Å². The molecule has 1 atom stereocenters. The largest absolute Gasteiger partial charge is 0.379 e. The number of hydrogen-bond donors (Lipinski definition) is 1. The average Bonchev–Trinajstić information content (AvgIpc) is 2.53. The number of nitrogens with zero attached hydrogens (tertiary/aromatic N) is 1. The minimum absolute atomic E-state index is 0.458. The van der Waals surface area contributed by atoms with Gasteiger partial charge in [0.25, 0.3) is 0 Å². The van der Waals surface area contributed by atoms with E-state index in [2.05, 4.69) is 15.7 Å². The third-order valence-corrected chi connectivity index (χ3v) is 3.08. The van der Waals surface area contributed by atoms with Crippen molar-refractivity contribution in [3.05, 3.63) is 16.1 Å². The van der Waals surface area contributed by atoms with Crippen LogP contribution < -0.4 is 5.32 Å². The summed E-state index contributed by atoms with van der Waals surface area (Å²) >= 11 is 1.74. The summed E-state index contributed by atoms with van der Waals surface area (Å²) in [5.41, 5.74) is 1.12. The van der Waals surface area contributed by atoms with Crippen LogP contribution in [0.4, 0.5) is 0 Å². The van der Waals surface area contributed by atoms with Gasteiger partial charge in [0, 0.05) is 30.1 Å². The topological polar surface area (TPSA) is 34.1 Å². The highest BCUT2D eigenvalue weighted by Gasteiger charge is 2.14. The van der Waals surface area contributed by atoms with Crippen LogP contribution in [0.15, 0.2) is 5.38 Å². The van der Waals surface area contributed by atoms with Crippen LogP contribution in [0.3, 0.4) is 0 Å². The van der Waals surface area contributed by atoms with Gasteiger partial charge in [-0.2, -0.15) is 0 Å². The Morgan fingerprint density at radius 1 is 1.77 bits per heavy atom. The van der Waals surface area contributed by atoms with Crippen molar-refractivity contribution in [3.8, 4) is 0 Å². The van der Waals surface area contributed by atoms with E-state index >= 15 is 0 Å². The van der Waals surface area contributed by atoms with Gasteiger partial charge in [-0.05, 0) is 6.92 Å². The van der Waals surface area contributed by atoms with Crippen LogP contribution in [0.25, 0.3) is 0 Å². The first kappa shape index (κ1) is 9.12. The maximum Gasteiger partial charge on any atom is 0.0944 e. The van der Waals surface area contributed by atoms with Gasteiger partial charge < -0.3 is 10.1 Å². The summed E-state index contributed by atoms with van der Waals surface area (Å²) in [7, 11) is 0. The summed E-state index contributed by atoms with van der Waals surface area (Å²) in [5, 5.41) is 6.72. The van der Waals surface area contributed by atoms with E-state index in [4.69, 9.17) is 4.74 Å². The zero-order valence-corrected chi connectivity index (χ0v) is 8.56. The van der Waals surface area contributed by atoms with Gasteiger partial charge in [-0.15, -0.1) is 11.3 Å². The molecule has 0 spiro atoms. The van der Waals surface area contributed by atoms with Gasteiger partial charge in [0.05, 0.1) is 18.2 Å². The van der Waals surface area contributed by atoms with Gasteiger partial charge in [-0.1, -0.05) is 0 Å². The third kappa shape index (κ3) is 2.49. The first-order chi connectivity index (χ1) is 6.34. The number of morpholine rings is 1. The number of nitrogens with one attached hydrogen (secondary N) is 1. The fourth-order valence-corrected chi connectivity index (χ4v) is 2.31. The summed E-state index contributed by atoms with van der Waals surface area (Å²) < 4.78 is 5.38. The highest BCUT2D eigenvalue weighted by Crippen LogP contribution is 2.11. The second-order valence-corrected chi connectivity index (χ2v) is 4.26. The summed E-state index contributed by atoms with van der Waals surface area (Å²) in [4.78, 5) is 4.43. The molecule has 0 aliphatic carbocycles. The predicted molar refractivity (Wildman–Crippen MR) is 53.2 cm³/mol. The van der Waals surface area contributed by atoms with E-state index in [9.17, 15) is 0 Å². The van der Waals surface area contributed by atoms with Crippen molar-refractivity contribution in [1.82, 2.24) is 10.3 Å². The monoisotopic (exact) mass is 198 g/mol. The average molecular weight is 198 g/mol. The molecule has 0 aromatic carbocycles. The first-order valence-electron chi connectivity index (χ1n) is 4.57. The highest BCUT2D eigenvalue weighted by atomic mass is 32.1. The van der Waals surface area contributed by atoms with Crippen molar-refractivity contribution in [3.63, 3.8) is 0 Å². The molecule has 0 radical (unpaired) electrons. The molecule has 72 valence electrons. The lowest BCUT2D eigenvalue weighted by Crippen LogP contribution is -2.42. The Kier molecular flexibility index (Phi) is 2.93. The van der Waals surface area contributed by atoms with Crippen molar-refractivity contribution in [2.75, 3.05) is 19.8 Å². The van der Waals surface area contributed by atoms with E-state index in [1.54, 1.807) is 11.3 Å². The fraction of sp³-hybridized carbons (Fsp3) is 0.667. The summed E-state index contributed by atoms with van der Waals surface area (Å²) in [6.07, 6.45) is 0.999. The Hall–Kier alpha value is -0.450. The molecule has 2 heterocycles. The molecule has 1 aromatic rings. The molecule has 1 unspecified atom stereocenters. The van der Waals surface area contributed by atoms with Gasteiger partial charge in [0.15, 0.2) is 0 Å². The number of rotatable bonds is 2. The molecule has 1 aliphatic heterocycles. The zero-order chi connectivity index (χ0) is 9.10. The smallest absolute Gasteiger partial charge is 0.0944 e. The van der Waals surface area contributed by atoms with E-state index in [0.29, 0.717) is 6.04 Å². The molecular formula is C9H14N2OS. The Morgan fingerprint density at radius 3 is 3.31 bits per heavy atom. The first-order valence-corrected chi connectivity index (χ1v) is 5.44. The van der Waals surface area contributed by atoms with E-state index in [-0.39, 0.29) is 0 Å². The Labute approximate surface area is 82.1 Å². The normalized spacial score (nSPS) is 23.3. The lowest BCUT2D eigenvalue weighted by Gasteiger charge is -2.22. The molecule has 13 heavy (non-hydrogen) atoms. The van der Waals surface area contributed by atoms with Gasteiger partial charge in [-0.3, -0.25) is 0 Å². The number of hydrogen-bond acceptors (Lipinski definition) is 4. The number of thiazole rings is 1. The van der Waals surface area contributed by atoms with Gasteiger partial charge >= 0.3 is 0 Å². The SMILES string of the molecule is Cc1csc(CC2COCCN2)n1. The standard InChI is InChI=1S/C9H14N2OS/c1-7-6-13-9(11-7)4-8-5-12-3-2-10-8/h6,8,10H,2-5H2,1H3. The molecule has 1 aromatic heterocycles. The Balaban J connectivity index is 1.89. The predicted octanol–water partition coefficient (Wildman–Crippen LogP) is 0.982. The Morgan fingerprint density at radius 2 is 2.69 bits per heavy atom. The molecule has 1 aliphatic rings. The molecule has 0 bridgehead atoms. The molecule has 0 saturated carbocycles.